The Morgan fingerprint density at radius 2 is 1.67 bits per heavy atom. The van der Waals surface area contributed by atoms with Gasteiger partial charge in [-0.05, 0) is 36.3 Å². The summed E-state index contributed by atoms with van der Waals surface area (Å²) in [5.74, 6) is 0.890. The fraction of sp³-hybridized carbons (Fsp3) is 0.111. The number of benzene rings is 2. The van der Waals surface area contributed by atoms with E-state index in [0.29, 0.717) is 5.88 Å². The number of halogens is 1. The van der Waals surface area contributed by atoms with E-state index in [1.54, 1.807) is 12.1 Å². The average molecular weight is 281 g/mol. The van der Waals surface area contributed by atoms with Crippen LogP contribution < -0.4 is 5.73 Å². The molecule has 1 heterocycles. The molecule has 0 aliphatic carbocycles. The second-order valence-electron chi connectivity index (χ2n) is 5.08. The van der Waals surface area contributed by atoms with Gasteiger partial charge in [0, 0.05) is 11.5 Å². The Labute approximate surface area is 123 Å². The maximum Gasteiger partial charge on any atom is 0.187 e. The largest absolute Gasteiger partial charge is 0.441 e. The number of hydrogen-bond acceptors (Lipinski definition) is 2. The van der Waals surface area contributed by atoms with E-state index in [2.05, 4.69) is 0 Å². The third-order valence-corrected chi connectivity index (χ3v) is 3.64. The molecule has 0 bridgehead atoms. The van der Waals surface area contributed by atoms with Crippen molar-refractivity contribution >= 4 is 5.76 Å². The fourth-order valence-electron chi connectivity index (χ4n) is 2.56. The van der Waals surface area contributed by atoms with E-state index < -0.39 is 0 Å². The SMILES string of the molecule is CC1=C(c2ccccc2)OC(N)=CC1c1ccc(F)cc1. The number of hydrogen-bond donors (Lipinski definition) is 1. The molecule has 3 heteroatoms. The molecule has 0 saturated heterocycles. The predicted octanol–water partition coefficient (Wildman–Crippen LogP) is 4.17. The molecule has 0 aromatic heterocycles. The Morgan fingerprint density at radius 3 is 2.33 bits per heavy atom. The summed E-state index contributed by atoms with van der Waals surface area (Å²) in [5.41, 5.74) is 8.95. The second kappa shape index (κ2) is 5.44. The van der Waals surface area contributed by atoms with E-state index in [9.17, 15) is 4.39 Å². The maximum absolute atomic E-state index is 13.1. The van der Waals surface area contributed by atoms with Crippen molar-refractivity contribution in [2.75, 3.05) is 0 Å². The van der Waals surface area contributed by atoms with Crippen molar-refractivity contribution in [1.82, 2.24) is 0 Å². The molecule has 0 fully saturated rings. The number of rotatable bonds is 2. The molecule has 0 radical (unpaired) electrons. The van der Waals surface area contributed by atoms with Gasteiger partial charge in [-0.1, -0.05) is 42.5 Å². The van der Waals surface area contributed by atoms with Gasteiger partial charge in [-0.2, -0.15) is 0 Å². The highest BCUT2D eigenvalue weighted by molar-refractivity contribution is 5.67. The molecule has 1 aliphatic heterocycles. The van der Waals surface area contributed by atoms with Gasteiger partial charge in [-0.25, -0.2) is 4.39 Å². The first-order valence-electron chi connectivity index (χ1n) is 6.82. The molecule has 21 heavy (non-hydrogen) atoms. The highest BCUT2D eigenvalue weighted by Gasteiger charge is 2.23. The first-order valence-corrected chi connectivity index (χ1v) is 6.82. The van der Waals surface area contributed by atoms with Gasteiger partial charge >= 0.3 is 0 Å². The van der Waals surface area contributed by atoms with Crippen LogP contribution in [0.15, 0.2) is 72.1 Å². The van der Waals surface area contributed by atoms with Crippen LogP contribution in [0, 0.1) is 5.82 Å². The minimum Gasteiger partial charge on any atom is -0.441 e. The molecule has 2 aromatic carbocycles. The Kier molecular flexibility index (Phi) is 3.48. The maximum atomic E-state index is 13.1. The minimum absolute atomic E-state index is 0.00504. The molecule has 2 aromatic rings. The highest BCUT2D eigenvalue weighted by Crippen LogP contribution is 2.37. The van der Waals surface area contributed by atoms with Crippen molar-refractivity contribution in [2.24, 2.45) is 5.73 Å². The normalized spacial score (nSPS) is 18.2. The standard InChI is InChI=1S/C18H16FNO/c1-12-16(13-7-9-15(19)10-8-13)11-17(20)21-18(12)14-5-3-2-4-6-14/h2-11,16H,20H2,1H3. The Morgan fingerprint density at radius 1 is 1.00 bits per heavy atom. The van der Waals surface area contributed by atoms with Gasteiger partial charge in [0.15, 0.2) is 5.88 Å². The molecule has 0 amide bonds. The van der Waals surface area contributed by atoms with Crippen molar-refractivity contribution < 1.29 is 9.13 Å². The smallest absolute Gasteiger partial charge is 0.187 e. The van der Waals surface area contributed by atoms with Gasteiger partial charge in [0.25, 0.3) is 0 Å². The first-order chi connectivity index (χ1) is 10.1. The van der Waals surface area contributed by atoms with Crippen molar-refractivity contribution in [2.45, 2.75) is 12.8 Å². The Balaban J connectivity index is 2.05. The molecule has 1 unspecified atom stereocenters. The summed E-state index contributed by atoms with van der Waals surface area (Å²) < 4.78 is 18.8. The van der Waals surface area contributed by atoms with Crippen LogP contribution in [0.4, 0.5) is 4.39 Å². The van der Waals surface area contributed by atoms with Crippen LogP contribution in [0.3, 0.4) is 0 Å². The van der Waals surface area contributed by atoms with E-state index in [1.165, 1.54) is 12.1 Å². The van der Waals surface area contributed by atoms with Crippen LogP contribution in [-0.2, 0) is 4.74 Å². The molecule has 2 nitrogen and oxygen atoms in total. The lowest BCUT2D eigenvalue weighted by Gasteiger charge is -2.25. The van der Waals surface area contributed by atoms with Crippen molar-refractivity contribution in [3.8, 4) is 0 Å². The summed E-state index contributed by atoms with van der Waals surface area (Å²) >= 11 is 0. The van der Waals surface area contributed by atoms with Crippen LogP contribution in [0.1, 0.15) is 24.0 Å². The summed E-state index contributed by atoms with van der Waals surface area (Å²) in [7, 11) is 0. The summed E-state index contributed by atoms with van der Waals surface area (Å²) in [4.78, 5) is 0. The van der Waals surface area contributed by atoms with E-state index in [0.717, 1.165) is 22.5 Å². The van der Waals surface area contributed by atoms with Crippen LogP contribution in [0.2, 0.25) is 0 Å². The van der Waals surface area contributed by atoms with Gasteiger partial charge < -0.3 is 10.5 Å². The Bertz CT molecular complexity index is 702. The highest BCUT2D eigenvalue weighted by atomic mass is 19.1. The topological polar surface area (TPSA) is 35.2 Å². The third-order valence-electron chi connectivity index (χ3n) is 3.64. The second-order valence-corrected chi connectivity index (χ2v) is 5.08. The predicted molar refractivity (Wildman–Crippen MR) is 81.5 cm³/mol. The zero-order valence-corrected chi connectivity index (χ0v) is 11.7. The number of allylic oxidation sites excluding steroid dienone is 2. The minimum atomic E-state index is -0.243. The molecule has 0 saturated carbocycles. The van der Waals surface area contributed by atoms with Gasteiger partial charge in [0.1, 0.15) is 11.6 Å². The van der Waals surface area contributed by atoms with Gasteiger partial charge in [-0.15, -0.1) is 0 Å². The molecule has 106 valence electrons. The zero-order chi connectivity index (χ0) is 14.8. The van der Waals surface area contributed by atoms with Crippen LogP contribution in [0.25, 0.3) is 5.76 Å². The summed E-state index contributed by atoms with van der Waals surface area (Å²) in [6.45, 7) is 2.01. The molecule has 0 spiro atoms. The van der Waals surface area contributed by atoms with Gasteiger partial charge in [0.2, 0.25) is 0 Å². The molecular formula is C18H16FNO. The summed E-state index contributed by atoms with van der Waals surface area (Å²) in [6, 6.07) is 16.3. The molecule has 1 aliphatic rings. The van der Waals surface area contributed by atoms with E-state index in [4.69, 9.17) is 10.5 Å². The van der Waals surface area contributed by atoms with Crippen molar-refractivity contribution in [3.63, 3.8) is 0 Å². The monoisotopic (exact) mass is 281 g/mol. The quantitative estimate of drug-likeness (QED) is 0.896. The van der Waals surface area contributed by atoms with Crippen LogP contribution >= 0.6 is 0 Å². The lowest BCUT2D eigenvalue weighted by molar-refractivity contribution is 0.360. The van der Waals surface area contributed by atoms with Crippen LogP contribution in [-0.4, -0.2) is 0 Å². The first kappa shape index (κ1) is 13.4. The van der Waals surface area contributed by atoms with E-state index in [1.807, 2.05) is 43.3 Å². The van der Waals surface area contributed by atoms with E-state index >= 15 is 0 Å². The number of ether oxygens (including phenoxy) is 1. The van der Waals surface area contributed by atoms with E-state index in [-0.39, 0.29) is 11.7 Å². The zero-order valence-electron chi connectivity index (χ0n) is 11.7. The van der Waals surface area contributed by atoms with Crippen molar-refractivity contribution in [1.29, 1.82) is 0 Å². The summed E-state index contributed by atoms with van der Waals surface area (Å²) in [5, 5.41) is 0. The number of nitrogens with two attached hydrogens (primary N) is 1. The average Bonchev–Trinajstić information content (AvgIpc) is 2.51. The molecule has 2 N–H and O–H groups in total. The van der Waals surface area contributed by atoms with Gasteiger partial charge in [0.05, 0.1) is 0 Å². The Hall–Kier alpha value is -2.55. The molecule has 3 rings (SSSR count). The fourth-order valence-corrected chi connectivity index (χ4v) is 2.56. The molecule has 1 atom stereocenters. The lowest BCUT2D eigenvalue weighted by atomic mass is 9.88. The lowest BCUT2D eigenvalue weighted by Crippen LogP contribution is -2.14. The van der Waals surface area contributed by atoms with Crippen LogP contribution in [0.5, 0.6) is 0 Å². The van der Waals surface area contributed by atoms with Gasteiger partial charge in [-0.3, -0.25) is 0 Å². The summed E-state index contributed by atoms with van der Waals surface area (Å²) in [6.07, 6.45) is 1.86. The molecular weight excluding hydrogens is 265 g/mol. The third kappa shape index (κ3) is 2.68. The van der Waals surface area contributed by atoms with Crippen molar-refractivity contribution in [3.05, 3.63) is 89.1 Å².